The van der Waals surface area contributed by atoms with E-state index in [1.807, 2.05) is 56.4 Å². The lowest BCUT2D eigenvalue weighted by Gasteiger charge is -2.39. The SMILES string of the molecule is [C-]#[N+]c1cc(N2c3ccccc3N(C)c3ccccc32)c(C#N)cc1C. The van der Waals surface area contributed by atoms with Gasteiger partial charge in [0, 0.05) is 7.05 Å². The predicted octanol–water partition coefficient (Wildman–Crippen LogP) is 5.97. The number of rotatable bonds is 1. The van der Waals surface area contributed by atoms with E-state index in [2.05, 4.69) is 32.8 Å². The molecule has 1 aliphatic rings. The van der Waals surface area contributed by atoms with Crippen molar-refractivity contribution in [2.75, 3.05) is 16.8 Å². The quantitative estimate of drug-likeness (QED) is 0.514. The predicted molar refractivity (Wildman–Crippen MR) is 105 cm³/mol. The summed E-state index contributed by atoms with van der Waals surface area (Å²) in [6.07, 6.45) is 0. The van der Waals surface area contributed by atoms with E-state index in [-0.39, 0.29) is 0 Å². The normalized spacial score (nSPS) is 12.0. The summed E-state index contributed by atoms with van der Waals surface area (Å²) in [6.45, 7) is 9.32. The van der Waals surface area contributed by atoms with Crippen molar-refractivity contribution in [2.24, 2.45) is 0 Å². The molecule has 4 nitrogen and oxygen atoms in total. The van der Waals surface area contributed by atoms with Gasteiger partial charge in [0.15, 0.2) is 5.69 Å². The number of hydrogen-bond acceptors (Lipinski definition) is 3. The molecule has 124 valence electrons. The van der Waals surface area contributed by atoms with Crippen molar-refractivity contribution in [3.63, 3.8) is 0 Å². The highest BCUT2D eigenvalue weighted by atomic mass is 15.3. The van der Waals surface area contributed by atoms with Gasteiger partial charge in [-0.15, -0.1) is 0 Å². The van der Waals surface area contributed by atoms with Crippen molar-refractivity contribution in [2.45, 2.75) is 6.92 Å². The first-order valence-corrected chi connectivity index (χ1v) is 8.30. The average Bonchev–Trinajstić information content (AvgIpc) is 2.69. The lowest BCUT2D eigenvalue weighted by molar-refractivity contribution is 1.12. The number of benzene rings is 3. The molecule has 0 amide bonds. The first-order chi connectivity index (χ1) is 12.7. The minimum Gasteiger partial charge on any atom is -0.341 e. The molecule has 3 aromatic carbocycles. The number of para-hydroxylation sites is 4. The first-order valence-electron chi connectivity index (χ1n) is 8.30. The Morgan fingerprint density at radius 1 is 0.885 bits per heavy atom. The van der Waals surface area contributed by atoms with Crippen molar-refractivity contribution in [1.82, 2.24) is 0 Å². The molecular weight excluding hydrogens is 320 g/mol. The Morgan fingerprint density at radius 2 is 1.42 bits per heavy atom. The molecule has 4 rings (SSSR count). The van der Waals surface area contributed by atoms with Crippen molar-refractivity contribution in [1.29, 1.82) is 5.26 Å². The summed E-state index contributed by atoms with van der Waals surface area (Å²) in [4.78, 5) is 7.86. The third kappa shape index (κ3) is 2.21. The zero-order chi connectivity index (χ0) is 18.3. The number of aryl methyl sites for hydroxylation is 1. The molecule has 0 saturated heterocycles. The molecule has 0 spiro atoms. The summed E-state index contributed by atoms with van der Waals surface area (Å²) in [5, 5.41) is 9.72. The Labute approximate surface area is 153 Å². The van der Waals surface area contributed by atoms with E-state index in [1.165, 1.54) is 0 Å². The van der Waals surface area contributed by atoms with Gasteiger partial charge in [-0.3, -0.25) is 0 Å². The van der Waals surface area contributed by atoms with E-state index in [0.29, 0.717) is 11.3 Å². The van der Waals surface area contributed by atoms with Crippen molar-refractivity contribution < 1.29 is 0 Å². The van der Waals surface area contributed by atoms with Gasteiger partial charge >= 0.3 is 0 Å². The van der Waals surface area contributed by atoms with Crippen LogP contribution >= 0.6 is 0 Å². The number of anilines is 5. The molecule has 0 aromatic heterocycles. The van der Waals surface area contributed by atoms with Gasteiger partial charge in [0.2, 0.25) is 0 Å². The van der Waals surface area contributed by atoms with Gasteiger partial charge in [0.1, 0.15) is 6.07 Å². The second kappa shape index (κ2) is 5.95. The van der Waals surface area contributed by atoms with Gasteiger partial charge in [-0.2, -0.15) is 5.26 Å². The van der Waals surface area contributed by atoms with E-state index < -0.39 is 0 Å². The second-order valence-electron chi connectivity index (χ2n) is 6.25. The Bertz CT molecular complexity index is 1050. The molecule has 0 aliphatic carbocycles. The van der Waals surface area contributed by atoms with Crippen LogP contribution in [0.15, 0.2) is 60.7 Å². The monoisotopic (exact) mass is 336 g/mol. The maximum Gasteiger partial charge on any atom is 0.192 e. The maximum absolute atomic E-state index is 9.72. The Hall–Kier alpha value is -3.76. The fourth-order valence-electron chi connectivity index (χ4n) is 3.47. The molecular formula is C22H16N4. The summed E-state index contributed by atoms with van der Waals surface area (Å²) in [6, 6.07) is 22.1. The lowest BCUT2D eigenvalue weighted by atomic mass is 10.0. The zero-order valence-corrected chi connectivity index (χ0v) is 14.6. The topological polar surface area (TPSA) is 34.6 Å². The molecule has 3 aromatic rings. The highest BCUT2D eigenvalue weighted by Crippen LogP contribution is 2.51. The largest absolute Gasteiger partial charge is 0.341 e. The van der Waals surface area contributed by atoms with Crippen LogP contribution in [0.1, 0.15) is 11.1 Å². The van der Waals surface area contributed by atoms with Gasteiger partial charge in [0.05, 0.1) is 40.6 Å². The number of nitriles is 1. The molecule has 0 radical (unpaired) electrons. The molecule has 0 unspecified atom stereocenters. The molecule has 1 aliphatic heterocycles. The summed E-state index contributed by atoms with van der Waals surface area (Å²) in [5.41, 5.74) is 6.76. The first kappa shape index (κ1) is 15.7. The molecule has 4 heteroatoms. The zero-order valence-electron chi connectivity index (χ0n) is 14.6. The standard InChI is InChI=1S/C22H16N4/c1-15-12-16(14-23)22(13-17(15)24-2)26-20-10-6-4-8-18(20)25(3)19-9-5-7-11-21(19)26/h4-13H,1,3H3. The van der Waals surface area contributed by atoms with Gasteiger partial charge in [-0.05, 0) is 48.9 Å². The smallest absolute Gasteiger partial charge is 0.192 e. The molecule has 26 heavy (non-hydrogen) atoms. The molecule has 0 atom stereocenters. The van der Waals surface area contributed by atoms with Crippen LogP contribution in [0, 0.1) is 24.8 Å². The summed E-state index contributed by atoms with van der Waals surface area (Å²) in [5.74, 6) is 0. The third-order valence-corrected chi connectivity index (χ3v) is 4.76. The fourth-order valence-corrected chi connectivity index (χ4v) is 3.47. The van der Waals surface area contributed by atoms with Crippen molar-refractivity contribution >= 4 is 34.1 Å². The van der Waals surface area contributed by atoms with Crippen molar-refractivity contribution in [3.8, 4) is 6.07 Å². The van der Waals surface area contributed by atoms with Gasteiger partial charge < -0.3 is 9.80 Å². The van der Waals surface area contributed by atoms with Gasteiger partial charge in [-0.1, -0.05) is 24.3 Å². The summed E-state index contributed by atoms with van der Waals surface area (Å²) >= 11 is 0. The number of hydrogen-bond donors (Lipinski definition) is 0. The van der Waals surface area contributed by atoms with Crippen LogP contribution < -0.4 is 9.80 Å². The fraction of sp³-hybridized carbons (Fsp3) is 0.0909. The maximum atomic E-state index is 9.72. The third-order valence-electron chi connectivity index (χ3n) is 4.76. The second-order valence-corrected chi connectivity index (χ2v) is 6.25. The van der Waals surface area contributed by atoms with E-state index in [0.717, 1.165) is 34.0 Å². The van der Waals surface area contributed by atoms with Crippen LogP contribution in [-0.4, -0.2) is 7.05 Å². The van der Waals surface area contributed by atoms with Crippen LogP contribution in [0.25, 0.3) is 4.85 Å². The van der Waals surface area contributed by atoms with Crippen LogP contribution in [-0.2, 0) is 0 Å². The highest BCUT2D eigenvalue weighted by Gasteiger charge is 2.28. The average molecular weight is 336 g/mol. The molecule has 0 fully saturated rings. The minimum atomic E-state index is 0.559. The highest BCUT2D eigenvalue weighted by molar-refractivity contribution is 5.99. The molecule has 0 saturated carbocycles. The minimum absolute atomic E-state index is 0.559. The van der Waals surface area contributed by atoms with E-state index in [4.69, 9.17) is 6.57 Å². The summed E-state index contributed by atoms with van der Waals surface area (Å²) < 4.78 is 0. The molecule has 1 heterocycles. The Kier molecular flexibility index (Phi) is 3.60. The molecule has 0 bridgehead atoms. The number of fused-ring (bicyclic) bond motifs is 2. The van der Waals surface area contributed by atoms with Crippen LogP contribution in [0.2, 0.25) is 0 Å². The van der Waals surface area contributed by atoms with E-state index in [9.17, 15) is 5.26 Å². The van der Waals surface area contributed by atoms with E-state index >= 15 is 0 Å². The van der Waals surface area contributed by atoms with E-state index in [1.54, 1.807) is 6.07 Å². The van der Waals surface area contributed by atoms with Gasteiger partial charge in [0.25, 0.3) is 0 Å². The Balaban J connectivity index is 2.07. The molecule has 0 N–H and O–H groups in total. The van der Waals surface area contributed by atoms with Crippen LogP contribution in [0.4, 0.5) is 34.1 Å². The van der Waals surface area contributed by atoms with Crippen LogP contribution in [0.3, 0.4) is 0 Å². The van der Waals surface area contributed by atoms with Gasteiger partial charge in [-0.25, -0.2) is 4.85 Å². The van der Waals surface area contributed by atoms with Crippen molar-refractivity contribution in [3.05, 3.63) is 83.2 Å². The summed E-state index contributed by atoms with van der Waals surface area (Å²) in [7, 11) is 2.04. The Morgan fingerprint density at radius 3 is 1.92 bits per heavy atom. The van der Waals surface area contributed by atoms with Crippen LogP contribution in [0.5, 0.6) is 0 Å². The number of nitrogens with zero attached hydrogens (tertiary/aromatic N) is 4. The lowest BCUT2D eigenvalue weighted by Crippen LogP contribution is -2.24.